The van der Waals surface area contributed by atoms with Crippen molar-refractivity contribution in [2.75, 3.05) is 26.7 Å². The molecule has 4 rings (SSSR count). The zero-order valence-electron chi connectivity index (χ0n) is 15.4. The summed E-state index contributed by atoms with van der Waals surface area (Å²) < 4.78 is 0. The van der Waals surface area contributed by atoms with Crippen LogP contribution in [0.3, 0.4) is 0 Å². The molecular weight excluding hydrogens is 328 g/mol. The molecule has 140 valence electrons. The Morgan fingerprint density at radius 3 is 2.88 bits per heavy atom. The molecule has 1 aliphatic carbocycles. The number of hydrogen-bond donors (Lipinski definition) is 2. The van der Waals surface area contributed by atoms with Crippen LogP contribution in [0, 0.1) is 5.92 Å². The molecule has 6 heteroatoms. The summed E-state index contributed by atoms with van der Waals surface area (Å²) in [6.07, 6.45) is 4.00. The predicted molar refractivity (Wildman–Crippen MR) is 101 cm³/mol. The van der Waals surface area contributed by atoms with Crippen molar-refractivity contribution < 1.29 is 9.63 Å². The number of hydrogen-bond acceptors (Lipinski definition) is 5. The van der Waals surface area contributed by atoms with E-state index in [1.54, 1.807) is 0 Å². The summed E-state index contributed by atoms with van der Waals surface area (Å²) in [5.74, 6) is 0.598. The van der Waals surface area contributed by atoms with E-state index < -0.39 is 5.60 Å². The smallest absolute Gasteiger partial charge is 0.269 e. The Morgan fingerprint density at radius 1 is 1.31 bits per heavy atom. The molecule has 2 N–H and O–H groups in total. The lowest BCUT2D eigenvalue weighted by atomic mass is 9.83. The SMILES string of the molecule is CN1CC[C@@H](NCc2ccccc2)[C@]2(CC(C(=O)NCC3CC3)=NO2)C1. The van der Waals surface area contributed by atoms with Crippen LogP contribution in [0.15, 0.2) is 35.5 Å². The first kappa shape index (κ1) is 17.5. The Bertz CT molecular complexity index is 674. The highest BCUT2D eigenvalue weighted by molar-refractivity contribution is 6.39. The monoisotopic (exact) mass is 356 g/mol. The standard InChI is InChI=1S/C20H28N4O2/c1-24-10-9-18(21-12-15-5-3-2-4-6-15)20(14-24)11-17(23-26-20)19(25)22-13-16-7-8-16/h2-6,16,18,21H,7-14H2,1H3,(H,22,25)/t18-,20+/m1/s1. The van der Waals surface area contributed by atoms with E-state index in [9.17, 15) is 4.79 Å². The number of carbonyl (C=O) groups excluding carboxylic acids is 1. The van der Waals surface area contributed by atoms with Crippen molar-refractivity contribution in [2.24, 2.45) is 11.1 Å². The van der Waals surface area contributed by atoms with Gasteiger partial charge in [-0.25, -0.2) is 0 Å². The van der Waals surface area contributed by atoms with Gasteiger partial charge in [0.25, 0.3) is 5.91 Å². The van der Waals surface area contributed by atoms with Gasteiger partial charge in [0, 0.05) is 26.1 Å². The Morgan fingerprint density at radius 2 is 2.12 bits per heavy atom. The van der Waals surface area contributed by atoms with Crippen LogP contribution in [0.2, 0.25) is 0 Å². The number of piperidine rings is 1. The van der Waals surface area contributed by atoms with Gasteiger partial charge in [0.1, 0.15) is 5.71 Å². The largest absolute Gasteiger partial charge is 0.385 e. The topological polar surface area (TPSA) is 66.0 Å². The average Bonchev–Trinajstić information content (AvgIpc) is 3.40. The van der Waals surface area contributed by atoms with Crippen LogP contribution < -0.4 is 10.6 Å². The summed E-state index contributed by atoms with van der Waals surface area (Å²) in [5, 5.41) is 10.9. The number of likely N-dealkylation sites (N-methyl/N-ethyl adjacent to an activating group) is 1. The van der Waals surface area contributed by atoms with Gasteiger partial charge >= 0.3 is 0 Å². The first-order chi connectivity index (χ1) is 12.6. The molecule has 1 saturated carbocycles. The maximum atomic E-state index is 12.4. The second kappa shape index (κ2) is 7.37. The third-order valence-corrected chi connectivity index (χ3v) is 5.68. The molecule has 1 aromatic rings. The number of benzene rings is 1. The lowest BCUT2D eigenvalue weighted by Gasteiger charge is -2.43. The van der Waals surface area contributed by atoms with Crippen LogP contribution in [0.4, 0.5) is 0 Å². The molecule has 2 atom stereocenters. The molecule has 0 unspecified atom stereocenters. The van der Waals surface area contributed by atoms with E-state index >= 15 is 0 Å². The summed E-state index contributed by atoms with van der Waals surface area (Å²) >= 11 is 0. The predicted octanol–water partition coefficient (Wildman–Crippen LogP) is 1.52. The Hall–Kier alpha value is -1.92. The van der Waals surface area contributed by atoms with Crippen molar-refractivity contribution >= 4 is 11.6 Å². The van der Waals surface area contributed by atoms with Gasteiger partial charge in [0.05, 0.1) is 6.04 Å². The molecule has 2 aliphatic heterocycles. The van der Waals surface area contributed by atoms with Gasteiger partial charge < -0.3 is 20.4 Å². The van der Waals surface area contributed by atoms with E-state index in [4.69, 9.17) is 4.84 Å². The van der Waals surface area contributed by atoms with E-state index in [1.165, 1.54) is 18.4 Å². The van der Waals surface area contributed by atoms with E-state index in [0.717, 1.165) is 32.6 Å². The third-order valence-electron chi connectivity index (χ3n) is 5.68. The van der Waals surface area contributed by atoms with Crippen molar-refractivity contribution in [1.29, 1.82) is 0 Å². The molecule has 0 aromatic heterocycles. The molecule has 0 bridgehead atoms. The maximum absolute atomic E-state index is 12.4. The van der Waals surface area contributed by atoms with Gasteiger partial charge in [-0.2, -0.15) is 0 Å². The second-order valence-electron chi connectivity index (χ2n) is 7.97. The van der Waals surface area contributed by atoms with Crippen molar-refractivity contribution in [3.05, 3.63) is 35.9 Å². The van der Waals surface area contributed by atoms with Crippen LogP contribution in [0.25, 0.3) is 0 Å². The number of rotatable bonds is 6. The van der Waals surface area contributed by atoms with E-state index in [2.05, 4.69) is 52.0 Å². The minimum absolute atomic E-state index is 0.0659. The maximum Gasteiger partial charge on any atom is 0.269 e. The number of oxime groups is 1. The van der Waals surface area contributed by atoms with Crippen molar-refractivity contribution in [1.82, 2.24) is 15.5 Å². The number of nitrogens with one attached hydrogen (secondary N) is 2. The fourth-order valence-electron chi connectivity index (χ4n) is 3.93. The molecule has 6 nitrogen and oxygen atoms in total. The summed E-state index contributed by atoms with van der Waals surface area (Å²) in [6.45, 7) is 3.35. The molecule has 2 heterocycles. The van der Waals surface area contributed by atoms with E-state index in [1.807, 2.05) is 6.07 Å². The molecule has 1 aromatic carbocycles. The zero-order chi connectivity index (χ0) is 18.0. The number of nitrogens with zero attached hydrogens (tertiary/aromatic N) is 2. The average molecular weight is 356 g/mol. The molecule has 1 saturated heterocycles. The highest BCUT2D eigenvalue weighted by atomic mass is 16.7. The summed E-state index contributed by atoms with van der Waals surface area (Å²) in [4.78, 5) is 20.6. The molecule has 1 amide bonds. The van der Waals surface area contributed by atoms with Crippen LogP contribution in [0.5, 0.6) is 0 Å². The van der Waals surface area contributed by atoms with E-state index in [0.29, 0.717) is 18.1 Å². The highest BCUT2D eigenvalue weighted by Gasteiger charge is 2.50. The molecule has 26 heavy (non-hydrogen) atoms. The van der Waals surface area contributed by atoms with Gasteiger partial charge in [-0.05, 0) is 44.3 Å². The molecule has 3 aliphatic rings. The lowest BCUT2D eigenvalue weighted by molar-refractivity contribution is -0.115. The first-order valence-corrected chi connectivity index (χ1v) is 9.64. The van der Waals surface area contributed by atoms with E-state index in [-0.39, 0.29) is 11.9 Å². The Balaban J connectivity index is 1.39. The van der Waals surface area contributed by atoms with Crippen LogP contribution in [0.1, 0.15) is 31.2 Å². The summed E-state index contributed by atoms with van der Waals surface area (Å²) in [6, 6.07) is 10.6. The minimum atomic E-state index is -0.450. The van der Waals surface area contributed by atoms with Crippen molar-refractivity contribution in [3.8, 4) is 0 Å². The fourth-order valence-corrected chi connectivity index (χ4v) is 3.93. The normalized spacial score (nSPS) is 28.7. The second-order valence-corrected chi connectivity index (χ2v) is 7.97. The molecular formula is C20H28N4O2. The first-order valence-electron chi connectivity index (χ1n) is 9.64. The van der Waals surface area contributed by atoms with Gasteiger partial charge in [-0.3, -0.25) is 4.79 Å². The fraction of sp³-hybridized carbons (Fsp3) is 0.600. The third kappa shape index (κ3) is 3.91. The minimum Gasteiger partial charge on any atom is -0.385 e. The quantitative estimate of drug-likeness (QED) is 0.811. The van der Waals surface area contributed by atoms with Gasteiger partial charge in [0.2, 0.25) is 0 Å². The van der Waals surface area contributed by atoms with Crippen LogP contribution in [-0.4, -0.2) is 54.8 Å². The van der Waals surface area contributed by atoms with Crippen molar-refractivity contribution in [2.45, 2.75) is 43.9 Å². The molecule has 2 fully saturated rings. The number of amides is 1. The molecule has 0 radical (unpaired) electrons. The van der Waals surface area contributed by atoms with Gasteiger partial charge in [-0.1, -0.05) is 35.5 Å². The molecule has 1 spiro atoms. The zero-order valence-corrected chi connectivity index (χ0v) is 15.4. The Kier molecular flexibility index (Phi) is 4.96. The van der Waals surface area contributed by atoms with Gasteiger partial charge in [0.15, 0.2) is 5.60 Å². The Labute approximate surface area is 155 Å². The lowest BCUT2D eigenvalue weighted by Crippen LogP contribution is -2.61. The van der Waals surface area contributed by atoms with Crippen molar-refractivity contribution in [3.63, 3.8) is 0 Å². The highest BCUT2D eigenvalue weighted by Crippen LogP contribution is 2.34. The number of likely N-dealkylation sites (tertiary alicyclic amines) is 1. The summed E-state index contributed by atoms with van der Waals surface area (Å²) in [5.41, 5.74) is 1.34. The van der Waals surface area contributed by atoms with Gasteiger partial charge in [-0.15, -0.1) is 0 Å². The summed E-state index contributed by atoms with van der Waals surface area (Å²) in [7, 11) is 2.10. The van der Waals surface area contributed by atoms with Crippen LogP contribution in [-0.2, 0) is 16.2 Å². The number of carbonyl (C=O) groups is 1. The van der Waals surface area contributed by atoms with Crippen LogP contribution >= 0.6 is 0 Å².